The smallest absolute Gasteiger partial charge is 0.362 e. The number of esters is 1. The highest BCUT2D eigenvalue weighted by Crippen LogP contribution is 2.30. The van der Waals surface area contributed by atoms with E-state index >= 15 is 0 Å². The van der Waals surface area contributed by atoms with E-state index in [-0.39, 0.29) is 5.69 Å². The van der Waals surface area contributed by atoms with Crippen LogP contribution in [0, 0.1) is 10.1 Å². The predicted molar refractivity (Wildman–Crippen MR) is 72.1 cm³/mol. The van der Waals surface area contributed by atoms with Gasteiger partial charge in [0.1, 0.15) is 5.69 Å². The Morgan fingerprint density at radius 2 is 2.09 bits per heavy atom. The third kappa shape index (κ3) is 3.15. The molecule has 2 rings (SSSR count). The van der Waals surface area contributed by atoms with Crippen molar-refractivity contribution < 1.29 is 24.4 Å². The minimum absolute atomic E-state index is 0.101. The first kappa shape index (κ1) is 15.3. The van der Waals surface area contributed by atoms with Crippen molar-refractivity contribution in [3.05, 3.63) is 57.1 Å². The maximum atomic E-state index is 11.8. The highest BCUT2D eigenvalue weighted by Gasteiger charge is 2.25. The Balaban J connectivity index is 2.44. The summed E-state index contributed by atoms with van der Waals surface area (Å²) >= 11 is 5.53. The van der Waals surface area contributed by atoms with Crippen LogP contribution in [0.15, 0.2) is 30.5 Å². The fourth-order valence-corrected chi connectivity index (χ4v) is 1.67. The monoisotopic (exact) mass is 323 g/mol. The molecule has 0 fully saturated rings. The summed E-state index contributed by atoms with van der Waals surface area (Å²) in [5, 5.41) is 19.2. The number of aromatic carboxylic acids is 1. The fraction of sp³-hybridized carbons (Fsp3) is 0. The lowest BCUT2D eigenvalue weighted by Gasteiger charge is -2.07. The molecule has 0 amide bonds. The van der Waals surface area contributed by atoms with Crippen molar-refractivity contribution in [1.29, 1.82) is 0 Å². The van der Waals surface area contributed by atoms with Gasteiger partial charge in [0.15, 0.2) is 11.4 Å². The van der Waals surface area contributed by atoms with E-state index in [2.05, 4.69) is 9.97 Å². The zero-order valence-electron chi connectivity index (χ0n) is 10.6. The molecule has 0 atom stereocenters. The van der Waals surface area contributed by atoms with Gasteiger partial charge in [-0.1, -0.05) is 17.7 Å². The Kier molecular flexibility index (Phi) is 4.28. The number of hydrogen-bond donors (Lipinski definition) is 1. The number of ether oxygens (including phenoxy) is 1. The number of nitrogens with zero attached hydrogens (tertiary/aromatic N) is 3. The van der Waals surface area contributed by atoms with Crippen molar-refractivity contribution >= 4 is 29.2 Å². The first-order valence-electron chi connectivity index (χ1n) is 5.61. The van der Waals surface area contributed by atoms with Crippen molar-refractivity contribution in [3.63, 3.8) is 0 Å². The lowest BCUT2D eigenvalue weighted by atomic mass is 10.3. The normalized spacial score (nSPS) is 10.0. The Labute approximate surface area is 127 Å². The van der Waals surface area contributed by atoms with E-state index in [4.69, 9.17) is 21.4 Å². The summed E-state index contributed by atoms with van der Waals surface area (Å²) in [6.07, 6.45) is 1.33. The molecule has 0 saturated heterocycles. The van der Waals surface area contributed by atoms with Gasteiger partial charge in [0.25, 0.3) is 0 Å². The second-order valence-corrected chi connectivity index (χ2v) is 4.17. The Morgan fingerprint density at radius 3 is 2.64 bits per heavy atom. The number of hydrogen-bond acceptors (Lipinski definition) is 7. The summed E-state index contributed by atoms with van der Waals surface area (Å²) in [5.41, 5.74) is -1.51. The molecule has 10 heteroatoms. The van der Waals surface area contributed by atoms with Crippen LogP contribution in [0.2, 0.25) is 5.15 Å². The number of carbonyl (C=O) groups is 2. The van der Waals surface area contributed by atoms with Crippen LogP contribution in [0.3, 0.4) is 0 Å². The zero-order chi connectivity index (χ0) is 16.3. The average Bonchev–Trinajstić information content (AvgIpc) is 2.49. The molecular weight excluding hydrogens is 318 g/mol. The minimum atomic E-state index is -1.55. The minimum Gasteiger partial charge on any atom is -0.476 e. The summed E-state index contributed by atoms with van der Waals surface area (Å²) in [4.78, 5) is 39.9. The third-order valence-corrected chi connectivity index (χ3v) is 2.68. The van der Waals surface area contributed by atoms with Gasteiger partial charge in [-0.2, -0.15) is 0 Å². The molecule has 0 radical (unpaired) electrons. The fourth-order valence-electron chi connectivity index (χ4n) is 1.46. The van der Waals surface area contributed by atoms with Gasteiger partial charge in [0.05, 0.1) is 11.0 Å². The number of carbonyl (C=O) groups excluding carboxylic acids is 1. The number of rotatable bonds is 4. The average molecular weight is 324 g/mol. The van der Waals surface area contributed by atoms with Crippen molar-refractivity contribution in [3.8, 4) is 5.75 Å². The highest BCUT2D eigenvalue weighted by atomic mass is 35.5. The molecular formula is C12H6ClN3O6. The number of pyridine rings is 2. The lowest BCUT2D eigenvalue weighted by molar-refractivity contribution is -0.385. The quantitative estimate of drug-likeness (QED) is 0.390. The maximum Gasteiger partial charge on any atom is 0.362 e. The number of halogens is 1. The van der Waals surface area contributed by atoms with E-state index < -0.39 is 39.1 Å². The van der Waals surface area contributed by atoms with Crippen LogP contribution in [0.1, 0.15) is 21.0 Å². The molecule has 2 aromatic rings. The van der Waals surface area contributed by atoms with Gasteiger partial charge in [-0.05, 0) is 12.1 Å². The lowest BCUT2D eigenvalue weighted by Crippen LogP contribution is -2.14. The Bertz CT molecular complexity index is 765. The van der Waals surface area contributed by atoms with Gasteiger partial charge in [0.2, 0.25) is 5.15 Å². The van der Waals surface area contributed by atoms with E-state index in [1.807, 2.05) is 0 Å². The first-order chi connectivity index (χ1) is 10.4. The summed E-state index contributed by atoms with van der Waals surface area (Å²) in [6.45, 7) is 0. The molecule has 2 heterocycles. The van der Waals surface area contributed by atoms with Gasteiger partial charge < -0.3 is 9.84 Å². The molecule has 0 aliphatic rings. The molecule has 0 bridgehead atoms. The topological polar surface area (TPSA) is 133 Å². The number of aromatic nitrogens is 2. The molecule has 1 N–H and O–H groups in total. The van der Waals surface area contributed by atoms with Crippen LogP contribution in [0.25, 0.3) is 0 Å². The van der Waals surface area contributed by atoms with Gasteiger partial charge in [0, 0.05) is 6.20 Å². The van der Waals surface area contributed by atoms with E-state index in [1.54, 1.807) is 6.07 Å². The van der Waals surface area contributed by atoms with Gasteiger partial charge >= 0.3 is 17.6 Å². The summed E-state index contributed by atoms with van der Waals surface area (Å²) in [6, 6.07) is 5.14. The van der Waals surface area contributed by atoms with Crippen LogP contribution in [-0.2, 0) is 0 Å². The van der Waals surface area contributed by atoms with Crippen molar-refractivity contribution in [2.45, 2.75) is 0 Å². The second kappa shape index (κ2) is 6.14. The van der Waals surface area contributed by atoms with Crippen LogP contribution in [0.4, 0.5) is 5.69 Å². The molecule has 0 aliphatic carbocycles. The van der Waals surface area contributed by atoms with Gasteiger partial charge in [-0.15, -0.1) is 0 Å². The largest absolute Gasteiger partial charge is 0.476 e. The van der Waals surface area contributed by atoms with Crippen LogP contribution in [0.5, 0.6) is 5.75 Å². The summed E-state index contributed by atoms with van der Waals surface area (Å²) in [5.74, 6) is -3.14. The van der Waals surface area contributed by atoms with Crippen LogP contribution < -0.4 is 4.74 Å². The third-order valence-electron chi connectivity index (χ3n) is 2.40. The molecule has 0 spiro atoms. The molecule has 112 valence electrons. The second-order valence-electron chi connectivity index (χ2n) is 3.81. The molecule has 0 saturated carbocycles. The molecule has 0 unspecified atom stereocenters. The standard InChI is InChI=1S/C12H6ClN3O6/c13-10-7(16(20)21)5-8(9(15-10)11(17)18)22-12(19)6-3-1-2-4-14-6/h1-5H,(H,17,18). The summed E-state index contributed by atoms with van der Waals surface area (Å²) < 4.78 is 4.83. The molecule has 9 nitrogen and oxygen atoms in total. The van der Waals surface area contributed by atoms with E-state index in [1.165, 1.54) is 18.3 Å². The van der Waals surface area contributed by atoms with Gasteiger partial charge in [-0.25, -0.2) is 19.6 Å². The molecule has 2 aromatic heterocycles. The molecule has 22 heavy (non-hydrogen) atoms. The zero-order valence-corrected chi connectivity index (χ0v) is 11.4. The predicted octanol–water partition coefficient (Wildman–Crippen LogP) is 1.96. The Morgan fingerprint density at radius 1 is 1.36 bits per heavy atom. The molecule has 0 aliphatic heterocycles. The van der Waals surface area contributed by atoms with E-state index in [9.17, 15) is 19.7 Å². The van der Waals surface area contributed by atoms with Crippen molar-refractivity contribution in [1.82, 2.24) is 9.97 Å². The first-order valence-corrected chi connectivity index (χ1v) is 5.99. The van der Waals surface area contributed by atoms with Crippen LogP contribution in [-0.4, -0.2) is 31.9 Å². The van der Waals surface area contributed by atoms with Crippen molar-refractivity contribution in [2.24, 2.45) is 0 Å². The highest BCUT2D eigenvalue weighted by molar-refractivity contribution is 6.31. The number of nitro groups is 1. The summed E-state index contributed by atoms with van der Waals surface area (Å²) in [7, 11) is 0. The van der Waals surface area contributed by atoms with Crippen LogP contribution >= 0.6 is 11.6 Å². The SMILES string of the molecule is O=C(Oc1cc([N+](=O)[O-])c(Cl)nc1C(=O)O)c1ccccn1. The van der Waals surface area contributed by atoms with E-state index in [0.29, 0.717) is 0 Å². The Hall–Kier alpha value is -3.07. The van der Waals surface area contributed by atoms with E-state index in [0.717, 1.165) is 6.07 Å². The number of carboxylic acid groups (broad SMARTS) is 1. The van der Waals surface area contributed by atoms with Gasteiger partial charge in [-0.3, -0.25) is 10.1 Å². The molecule has 0 aromatic carbocycles. The van der Waals surface area contributed by atoms with Crippen molar-refractivity contribution in [2.75, 3.05) is 0 Å². The number of carboxylic acids is 1. The maximum absolute atomic E-state index is 11.8.